The minimum Gasteiger partial charge on any atom is -0.421 e. The van der Waals surface area contributed by atoms with Crippen molar-refractivity contribution in [3.63, 3.8) is 0 Å². The summed E-state index contributed by atoms with van der Waals surface area (Å²) in [5.41, 5.74) is 2.01. The molecule has 0 aliphatic rings. The number of para-hydroxylation sites is 1. The van der Waals surface area contributed by atoms with E-state index in [4.69, 9.17) is 4.42 Å². The average molecular weight is 231 g/mol. The molecule has 0 aliphatic carbocycles. The Morgan fingerprint density at radius 3 is 2.76 bits per heavy atom. The van der Waals surface area contributed by atoms with Crippen LogP contribution in [0, 0.1) is 6.92 Å². The quantitative estimate of drug-likeness (QED) is 0.802. The van der Waals surface area contributed by atoms with Crippen LogP contribution >= 0.6 is 0 Å². The average Bonchev–Trinajstić information content (AvgIpc) is 2.77. The topological polar surface area (TPSA) is 51.0 Å². The minimum absolute atomic E-state index is 0.571. The molecule has 90 valence electrons. The van der Waals surface area contributed by atoms with E-state index in [-0.39, 0.29) is 0 Å². The highest BCUT2D eigenvalue weighted by molar-refractivity contribution is 5.72. The first kappa shape index (κ1) is 11.6. The highest BCUT2D eigenvalue weighted by Gasteiger charge is 2.09. The number of nitrogens with zero attached hydrogens (tertiary/aromatic N) is 2. The summed E-state index contributed by atoms with van der Waals surface area (Å²) in [6, 6.07) is 7.99. The van der Waals surface area contributed by atoms with Crippen LogP contribution in [0.2, 0.25) is 0 Å². The Kier molecular flexibility index (Phi) is 3.75. The van der Waals surface area contributed by atoms with Gasteiger partial charge >= 0.3 is 0 Å². The van der Waals surface area contributed by atoms with E-state index in [2.05, 4.69) is 22.4 Å². The van der Waals surface area contributed by atoms with Crippen molar-refractivity contribution in [1.82, 2.24) is 10.2 Å². The first-order valence-electron chi connectivity index (χ1n) is 5.94. The standard InChI is InChI=1S/C13H17N3O/c1-3-4-9-14-12-8-6-5-7-11(12)13-16-15-10(2)17-13/h5-8,14H,3-4,9H2,1-2H3. The summed E-state index contributed by atoms with van der Waals surface area (Å²) < 4.78 is 5.45. The molecule has 0 fully saturated rings. The third kappa shape index (κ3) is 2.84. The predicted octanol–water partition coefficient (Wildman–Crippen LogP) is 3.26. The van der Waals surface area contributed by atoms with Crippen molar-refractivity contribution >= 4 is 5.69 Å². The monoisotopic (exact) mass is 231 g/mol. The lowest BCUT2D eigenvalue weighted by molar-refractivity contribution is 0.533. The van der Waals surface area contributed by atoms with Crippen LogP contribution in [0.25, 0.3) is 11.5 Å². The van der Waals surface area contributed by atoms with Gasteiger partial charge in [0, 0.05) is 19.2 Å². The Hall–Kier alpha value is -1.84. The number of aromatic nitrogens is 2. The van der Waals surface area contributed by atoms with Crippen LogP contribution in [0.1, 0.15) is 25.7 Å². The molecule has 1 N–H and O–H groups in total. The van der Waals surface area contributed by atoms with E-state index in [1.165, 1.54) is 6.42 Å². The molecule has 0 aliphatic heterocycles. The molecule has 0 saturated carbocycles. The summed E-state index contributed by atoms with van der Waals surface area (Å²) in [6.45, 7) is 4.93. The van der Waals surface area contributed by atoms with Gasteiger partial charge in [-0.25, -0.2) is 0 Å². The van der Waals surface area contributed by atoms with Crippen LogP contribution in [0.5, 0.6) is 0 Å². The number of anilines is 1. The number of rotatable bonds is 5. The van der Waals surface area contributed by atoms with E-state index in [1.807, 2.05) is 24.3 Å². The highest BCUT2D eigenvalue weighted by atomic mass is 16.4. The minimum atomic E-state index is 0.571. The first-order chi connectivity index (χ1) is 8.31. The number of aryl methyl sites for hydroxylation is 1. The van der Waals surface area contributed by atoms with Crippen molar-refractivity contribution in [2.75, 3.05) is 11.9 Å². The molecule has 0 radical (unpaired) electrons. The summed E-state index contributed by atoms with van der Waals surface area (Å²) in [5, 5.41) is 11.3. The number of hydrogen-bond acceptors (Lipinski definition) is 4. The lowest BCUT2D eigenvalue weighted by Crippen LogP contribution is -2.02. The Morgan fingerprint density at radius 1 is 1.24 bits per heavy atom. The largest absolute Gasteiger partial charge is 0.421 e. The van der Waals surface area contributed by atoms with Crippen molar-refractivity contribution in [2.45, 2.75) is 26.7 Å². The van der Waals surface area contributed by atoms with Gasteiger partial charge in [-0.15, -0.1) is 10.2 Å². The van der Waals surface area contributed by atoms with E-state index in [0.29, 0.717) is 11.8 Å². The zero-order chi connectivity index (χ0) is 12.1. The van der Waals surface area contributed by atoms with E-state index in [1.54, 1.807) is 6.92 Å². The fourth-order valence-corrected chi connectivity index (χ4v) is 1.63. The summed E-state index contributed by atoms with van der Waals surface area (Å²) in [7, 11) is 0. The molecule has 2 rings (SSSR count). The van der Waals surface area contributed by atoms with Crippen molar-refractivity contribution in [2.24, 2.45) is 0 Å². The zero-order valence-corrected chi connectivity index (χ0v) is 10.2. The predicted molar refractivity (Wildman–Crippen MR) is 67.9 cm³/mol. The van der Waals surface area contributed by atoms with Gasteiger partial charge in [0.05, 0.1) is 5.56 Å². The molecule has 4 nitrogen and oxygen atoms in total. The van der Waals surface area contributed by atoms with Gasteiger partial charge in [0.15, 0.2) is 0 Å². The summed E-state index contributed by atoms with van der Waals surface area (Å²) in [5.74, 6) is 1.16. The van der Waals surface area contributed by atoms with Crippen molar-refractivity contribution in [3.05, 3.63) is 30.2 Å². The molecule has 2 aromatic rings. The van der Waals surface area contributed by atoms with Crippen LogP contribution in [-0.2, 0) is 0 Å². The highest BCUT2D eigenvalue weighted by Crippen LogP contribution is 2.26. The van der Waals surface area contributed by atoms with Gasteiger partial charge in [-0.05, 0) is 18.6 Å². The fourth-order valence-electron chi connectivity index (χ4n) is 1.63. The maximum absolute atomic E-state index is 5.45. The molecule has 1 aromatic carbocycles. The fraction of sp³-hybridized carbons (Fsp3) is 0.385. The SMILES string of the molecule is CCCCNc1ccccc1-c1nnc(C)o1. The third-order valence-electron chi connectivity index (χ3n) is 2.53. The first-order valence-corrected chi connectivity index (χ1v) is 5.94. The molecule has 0 atom stereocenters. The molecular weight excluding hydrogens is 214 g/mol. The molecule has 17 heavy (non-hydrogen) atoms. The van der Waals surface area contributed by atoms with Crippen LogP contribution in [0.3, 0.4) is 0 Å². The van der Waals surface area contributed by atoms with E-state index in [9.17, 15) is 0 Å². The van der Waals surface area contributed by atoms with Crippen LogP contribution in [0.15, 0.2) is 28.7 Å². The molecule has 1 heterocycles. The summed E-state index contributed by atoms with van der Waals surface area (Å²) >= 11 is 0. The van der Waals surface area contributed by atoms with Crippen molar-refractivity contribution < 1.29 is 4.42 Å². The molecular formula is C13H17N3O. The van der Waals surface area contributed by atoms with Gasteiger partial charge in [-0.1, -0.05) is 25.5 Å². The van der Waals surface area contributed by atoms with Gasteiger partial charge in [-0.3, -0.25) is 0 Å². The smallest absolute Gasteiger partial charge is 0.249 e. The van der Waals surface area contributed by atoms with Crippen molar-refractivity contribution in [3.8, 4) is 11.5 Å². The number of nitrogens with one attached hydrogen (secondary N) is 1. The Morgan fingerprint density at radius 2 is 2.06 bits per heavy atom. The molecule has 0 bridgehead atoms. The molecule has 4 heteroatoms. The second-order valence-corrected chi connectivity index (χ2v) is 3.95. The third-order valence-corrected chi connectivity index (χ3v) is 2.53. The zero-order valence-electron chi connectivity index (χ0n) is 10.2. The Labute approximate surface area is 101 Å². The lowest BCUT2D eigenvalue weighted by atomic mass is 10.1. The maximum atomic E-state index is 5.45. The molecule has 0 saturated heterocycles. The van der Waals surface area contributed by atoms with Gasteiger partial charge in [-0.2, -0.15) is 0 Å². The Balaban J connectivity index is 2.21. The molecule has 0 amide bonds. The summed E-state index contributed by atoms with van der Waals surface area (Å²) in [4.78, 5) is 0. The van der Waals surface area contributed by atoms with E-state index in [0.717, 1.165) is 24.2 Å². The molecule has 0 spiro atoms. The van der Waals surface area contributed by atoms with Crippen LogP contribution in [0.4, 0.5) is 5.69 Å². The van der Waals surface area contributed by atoms with Gasteiger partial charge in [0.25, 0.3) is 0 Å². The molecule has 0 unspecified atom stereocenters. The van der Waals surface area contributed by atoms with Gasteiger partial charge in [0.2, 0.25) is 11.8 Å². The maximum Gasteiger partial charge on any atom is 0.249 e. The van der Waals surface area contributed by atoms with Gasteiger partial charge < -0.3 is 9.73 Å². The second-order valence-electron chi connectivity index (χ2n) is 3.95. The van der Waals surface area contributed by atoms with Crippen molar-refractivity contribution in [1.29, 1.82) is 0 Å². The summed E-state index contributed by atoms with van der Waals surface area (Å²) in [6.07, 6.45) is 2.33. The van der Waals surface area contributed by atoms with E-state index < -0.39 is 0 Å². The second kappa shape index (κ2) is 5.48. The Bertz CT molecular complexity index is 479. The van der Waals surface area contributed by atoms with Crippen LogP contribution in [-0.4, -0.2) is 16.7 Å². The number of hydrogen-bond donors (Lipinski definition) is 1. The number of unbranched alkanes of at least 4 members (excludes halogenated alkanes) is 1. The van der Waals surface area contributed by atoms with Gasteiger partial charge in [0.1, 0.15) is 0 Å². The van der Waals surface area contributed by atoms with E-state index >= 15 is 0 Å². The normalized spacial score (nSPS) is 10.5. The van der Waals surface area contributed by atoms with Crippen LogP contribution < -0.4 is 5.32 Å². The lowest BCUT2D eigenvalue weighted by Gasteiger charge is -2.08. The molecule has 1 aromatic heterocycles. The number of benzene rings is 1.